The zero-order valence-corrected chi connectivity index (χ0v) is 12.9. The number of methoxy groups -OCH3 is 1. The second-order valence-electron chi connectivity index (χ2n) is 4.44. The van der Waals surface area contributed by atoms with Crippen molar-refractivity contribution in [3.63, 3.8) is 0 Å². The van der Waals surface area contributed by atoms with Crippen LogP contribution in [0.4, 0.5) is 0 Å². The van der Waals surface area contributed by atoms with Crippen molar-refractivity contribution < 1.29 is 4.74 Å². The molecule has 86 valence electrons. The van der Waals surface area contributed by atoms with Gasteiger partial charge in [-0.25, -0.2) is 0 Å². The summed E-state index contributed by atoms with van der Waals surface area (Å²) in [5.74, 6) is 1.08. The molecular weight excluding hydrogens is 319 g/mol. The zero-order valence-electron chi connectivity index (χ0n) is 9.89. The van der Waals surface area contributed by atoms with Gasteiger partial charge in [0.2, 0.25) is 0 Å². The minimum absolute atomic E-state index is 0.237. The van der Waals surface area contributed by atoms with Gasteiger partial charge in [-0.15, -0.1) is 11.3 Å². The van der Waals surface area contributed by atoms with Crippen LogP contribution in [0.15, 0.2) is 5.38 Å². The first kappa shape index (κ1) is 13.3. The molecule has 1 nitrogen and oxygen atoms in total. The molecule has 0 unspecified atom stereocenters. The molecule has 0 N–H and O–H groups in total. The fraction of sp³-hybridized carbons (Fsp3) is 0.667. The highest BCUT2D eigenvalue weighted by Crippen LogP contribution is 2.41. The lowest BCUT2D eigenvalue weighted by Gasteiger charge is -2.24. The molecule has 3 heteroatoms. The lowest BCUT2D eigenvalue weighted by atomic mass is 9.81. The molecule has 0 radical (unpaired) electrons. The van der Waals surface area contributed by atoms with Crippen LogP contribution in [0.3, 0.4) is 0 Å². The number of hydrogen-bond donors (Lipinski definition) is 0. The molecule has 0 atom stereocenters. The third kappa shape index (κ3) is 3.09. The number of unbranched alkanes of at least 4 members (excludes halogenated alkanes) is 1. The highest BCUT2D eigenvalue weighted by atomic mass is 127. The highest BCUT2D eigenvalue weighted by molar-refractivity contribution is 14.1. The highest BCUT2D eigenvalue weighted by Gasteiger charge is 2.26. The van der Waals surface area contributed by atoms with Crippen molar-refractivity contribution in [2.45, 2.75) is 45.4 Å². The van der Waals surface area contributed by atoms with Gasteiger partial charge in [0.15, 0.2) is 0 Å². The predicted molar refractivity (Wildman–Crippen MR) is 76.1 cm³/mol. The lowest BCUT2D eigenvalue weighted by molar-refractivity contribution is 0.382. The van der Waals surface area contributed by atoms with Gasteiger partial charge in [0.05, 0.1) is 7.11 Å². The second-order valence-corrected chi connectivity index (χ2v) is 7.13. The van der Waals surface area contributed by atoms with Gasteiger partial charge < -0.3 is 4.74 Å². The smallest absolute Gasteiger partial charge is 0.146 e. The standard InChI is InChI=1S/C12H19IOS/c1-5-6-7-12(2,3)9-8-15-11(13)10(9)14-4/h8H,5-7H2,1-4H3. The summed E-state index contributed by atoms with van der Waals surface area (Å²) in [6.45, 7) is 6.86. The van der Waals surface area contributed by atoms with Crippen molar-refractivity contribution >= 4 is 33.9 Å². The maximum absolute atomic E-state index is 5.49. The van der Waals surface area contributed by atoms with Gasteiger partial charge in [-0.2, -0.15) is 0 Å². The Hall–Kier alpha value is 0.230. The summed E-state index contributed by atoms with van der Waals surface area (Å²) in [6.07, 6.45) is 3.77. The Morgan fingerprint density at radius 3 is 2.67 bits per heavy atom. The van der Waals surface area contributed by atoms with E-state index in [1.54, 1.807) is 18.4 Å². The van der Waals surface area contributed by atoms with Crippen LogP contribution < -0.4 is 4.74 Å². The Balaban J connectivity index is 2.93. The average Bonchev–Trinajstić information content (AvgIpc) is 2.57. The van der Waals surface area contributed by atoms with E-state index in [9.17, 15) is 0 Å². The summed E-state index contributed by atoms with van der Waals surface area (Å²) in [7, 11) is 1.77. The van der Waals surface area contributed by atoms with Gasteiger partial charge in [-0.1, -0.05) is 33.6 Å². The molecule has 1 heterocycles. The van der Waals surface area contributed by atoms with Gasteiger partial charge in [-0.3, -0.25) is 0 Å². The Bertz CT molecular complexity index is 317. The molecule has 1 rings (SSSR count). The van der Waals surface area contributed by atoms with E-state index in [0.717, 1.165) is 5.75 Å². The van der Waals surface area contributed by atoms with E-state index in [-0.39, 0.29) is 5.41 Å². The Morgan fingerprint density at radius 1 is 1.47 bits per heavy atom. The van der Waals surface area contributed by atoms with E-state index in [4.69, 9.17) is 4.74 Å². The van der Waals surface area contributed by atoms with Gasteiger partial charge in [0.25, 0.3) is 0 Å². The van der Waals surface area contributed by atoms with Crippen LogP contribution in [0.25, 0.3) is 0 Å². The number of hydrogen-bond acceptors (Lipinski definition) is 2. The largest absolute Gasteiger partial charge is 0.494 e. The van der Waals surface area contributed by atoms with Crippen LogP contribution in [0.1, 0.15) is 45.6 Å². The first-order valence-corrected chi connectivity index (χ1v) is 7.30. The number of rotatable bonds is 5. The van der Waals surface area contributed by atoms with Crippen molar-refractivity contribution in [3.8, 4) is 5.75 Å². The minimum Gasteiger partial charge on any atom is -0.494 e. The van der Waals surface area contributed by atoms with Crippen LogP contribution in [0.5, 0.6) is 5.75 Å². The Kier molecular flexibility index (Phi) is 4.90. The molecule has 0 aliphatic rings. The summed E-state index contributed by atoms with van der Waals surface area (Å²) in [4.78, 5) is 0. The van der Waals surface area contributed by atoms with Crippen molar-refractivity contribution in [1.29, 1.82) is 0 Å². The van der Waals surface area contributed by atoms with Crippen LogP contribution in [0.2, 0.25) is 0 Å². The van der Waals surface area contributed by atoms with Crippen molar-refractivity contribution in [3.05, 3.63) is 13.8 Å². The predicted octanol–water partition coefficient (Wildman–Crippen LogP) is 4.83. The summed E-state index contributed by atoms with van der Waals surface area (Å²) >= 11 is 4.13. The molecule has 0 saturated carbocycles. The Labute approximate surface area is 110 Å². The van der Waals surface area contributed by atoms with Crippen molar-refractivity contribution in [2.24, 2.45) is 0 Å². The SMILES string of the molecule is CCCCC(C)(C)c1csc(I)c1OC. The summed E-state index contributed by atoms with van der Waals surface area (Å²) in [6, 6.07) is 0. The van der Waals surface area contributed by atoms with E-state index in [2.05, 4.69) is 48.7 Å². The molecule has 0 aliphatic heterocycles. The fourth-order valence-electron chi connectivity index (χ4n) is 1.73. The third-order valence-electron chi connectivity index (χ3n) is 2.79. The van der Waals surface area contributed by atoms with Crippen LogP contribution >= 0.6 is 33.9 Å². The number of ether oxygens (including phenoxy) is 1. The first-order valence-electron chi connectivity index (χ1n) is 5.34. The summed E-state index contributed by atoms with van der Waals surface area (Å²) in [5, 5.41) is 2.25. The Morgan fingerprint density at radius 2 is 2.13 bits per heavy atom. The third-order valence-corrected chi connectivity index (χ3v) is 4.79. The monoisotopic (exact) mass is 338 g/mol. The van der Waals surface area contributed by atoms with E-state index >= 15 is 0 Å². The average molecular weight is 338 g/mol. The van der Waals surface area contributed by atoms with Gasteiger partial charge in [-0.05, 0) is 39.8 Å². The molecular formula is C12H19IOS. The number of halogens is 1. The molecule has 0 saturated heterocycles. The molecule has 0 fully saturated rings. The topological polar surface area (TPSA) is 9.23 Å². The maximum atomic E-state index is 5.49. The molecule has 15 heavy (non-hydrogen) atoms. The molecule has 0 amide bonds. The quantitative estimate of drug-likeness (QED) is 0.699. The van der Waals surface area contributed by atoms with Gasteiger partial charge in [0, 0.05) is 5.56 Å². The van der Waals surface area contributed by atoms with Crippen LogP contribution in [-0.4, -0.2) is 7.11 Å². The van der Waals surface area contributed by atoms with Crippen LogP contribution in [0, 0.1) is 2.88 Å². The normalized spacial score (nSPS) is 11.8. The van der Waals surface area contributed by atoms with Crippen LogP contribution in [-0.2, 0) is 5.41 Å². The molecule has 1 aromatic rings. The van der Waals surface area contributed by atoms with Gasteiger partial charge >= 0.3 is 0 Å². The van der Waals surface area contributed by atoms with E-state index in [1.807, 2.05) is 0 Å². The minimum atomic E-state index is 0.237. The fourth-order valence-corrected chi connectivity index (χ4v) is 3.57. The molecule has 0 aliphatic carbocycles. The van der Waals surface area contributed by atoms with Crippen molar-refractivity contribution in [2.75, 3.05) is 7.11 Å². The second kappa shape index (κ2) is 5.53. The van der Waals surface area contributed by atoms with E-state index in [0.29, 0.717) is 0 Å². The molecule has 0 aromatic carbocycles. The number of thiophene rings is 1. The van der Waals surface area contributed by atoms with E-state index < -0.39 is 0 Å². The summed E-state index contributed by atoms with van der Waals surface area (Å²) in [5.41, 5.74) is 1.61. The van der Waals surface area contributed by atoms with Crippen molar-refractivity contribution in [1.82, 2.24) is 0 Å². The maximum Gasteiger partial charge on any atom is 0.146 e. The summed E-state index contributed by atoms with van der Waals surface area (Å²) < 4.78 is 6.74. The molecule has 0 spiro atoms. The molecule has 0 bridgehead atoms. The first-order chi connectivity index (χ1) is 7.03. The zero-order chi connectivity index (χ0) is 11.5. The lowest BCUT2D eigenvalue weighted by Crippen LogP contribution is -2.17. The molecule has 1 aromatic heterocycles. The van der Waals surface area contributed by atoms with Gasteiger partial charge in [0.1, 0.15) is 8.63 Å². The van der Waals surface area contributed by atoms with E-state index in [1.165, 1.54) is 27.7 Å².